The lowest BCUT2D eigenvalue weighted by molar-refractivity contribution is -0.0791. The van der Waals surface area contributed by atoms with Gasteiger partial charge < -0.3 is 23.4 Å². The number of hydrogen-bond acceptors (Lipinski definition) is 5. The number of ether oxygens (including phenoxy) is 4. The lowest BCUT2D eigenvalue weighted by Crippen LogP contribution is -2.29. The second kappa shape index (κ2) is 13.3. The van der Waals surface area contributed by atoms with Crippen molar-refractivity contribution in [3.05, 3.63) is 0 Å². The summed E-state index contributed by atoms with van der Waals surface area (Å²) in [5.41, 5.74) is 0. The molecule has 0 aromatic heterocycles. The summed E-state index contributed by atoms with van der Waals surface area (Å²) >= 11 is 0. The maximum atomic E-state index is 5.79. The highest BCUT2D eigenvalue weighted by Crippen LogP contribution is 2.12. The minimum atomic E-state index is -1.46. The molecule has 0 radical (unpaired) electrons. The van der Waals surface area contributed by atoms with E-state index in [0.29, 0.717) is 19.8 Å². The van der Waals surface area contributed by atoms with Gasteiger partial charge in [-0.25, -0.2) is 0 Å². The van der Waals surface area contributed by atoms with Gasteiger partial charge >= 0.3 is 0 Å². The van der Waals surface area contributed by atoms with Crippen molar-refractivity contribution in [1.29, 1.82) is 0 Å². The van der Waals surface area contributed by atoms with Crippen LogP contribution in [-0.4, -0.2) is 66.8 Å². The molecule has 3 unspecified atom stereocenters. The van der Waals surface area contributed by atoms with Crippen LogP contribution in [0, 0.1) is 0 Å². The van der Waals surface area contributed by atoms with Gasteiger partial charge in [0.05, 0.1) is 38.1 Å². The summed E-state index contributed by atoms with van der Waals surface area (Å²) < 4.78 is 28.1. The van der Waals surface area contributed by atoms with Crippen molar-refractivity contribution in [3.63, 3.8) is 0 Å². The first kappa shape index (κ1) is 23.0. The Morgan fingerprint density at radius 1 is 0.826 bits per heavy atom. The van der Waals surface area contributed by atoms with Crippen molar-refractivity contribution in [2.45, 2.75) is 71.6 Å². The van der Waals surface area contributed by atoms with Crippen LogP contribution < -0.4 is 0 Å². The molecule has 140 valence electrons. The molecule has 0 saturated heterocycles. The van der Waals surface area contributed by atoms with Crippen molar-refractivity contribution in [2.24, 2.45) is 0 Å². The Bertz CT molecular complexity index is 276. The first-order chi connectivity index (χ1) is 10.8. The Hall–Kier alpha value is 0.0169. The summed E-state index contributed by atoms with van der Waals surface area (Å²) in [4.78, 5) is 0. The molecule has 0 rings (SSSR count). The predicted octanol–water partition coefficient (Wildman–Crippen LogP) is 3.48. The zero-order valence-electron chi connectivity index (χ0n) is 16.2. The van der Waals surface area contributed by atoms with E-state index < -0.39 is 8.32 Å². The van der Waals surface area contributed by atoms with Gasteiger partial charge in [0, 0.05) is 20.3 Å². The first-order valence-electron chi connectivity index (χ1n) is 8.78. The molecule has 23 heavy (non-hydrogen) atoms. The largest absolute Gasteiger partial charge is 0.420 e. The molecule has 0 aromatic carbocycles. The summed E-state index contributed by atoms with van der Waals surface area (Å²) in [6.07, 6.45) is 1.31. The average Bonchev–Trinajstić information content (AvgIpc) is 2.53. The molecule has 6 heteroatoms. The molecule has 0 saturated carbocycles. The minimum Gasteiger partial charge on any atom is -0.420 e. The van der Waals surface area contributed by atoms with E-state index in [9.17, 15) is 0 Å². The number of rotatable bonds is 15. The van der Waals surface area contributed by atoms with E-state index in [1.54, 1.807) is 0 Å². The molecule has 0 heterocycles. The standard InChI is InChI=1S/C17H38O5Si/c1-8-19-12-15(2)21-14-17(4)22-13-16(3)20-10-9-11-23(6,7)18-5/h15-17H,8-14H2,1-7H3. The fourth-order valence-corrected chi connectivity index (χ4v) is 3.11. The van der Waals surface area contributed by atoms with Crippen LogP contribution in [0.4, 0.5) is 0 Å². The van der Waals surface area contributed by atoms with E-state index >= 15 is 0 Å². The fourth-order valence-electron chi connectivity index (χ4n) is 1.91. The summed E-state index contributed by atoms with van der Waals surface area (Å²) in [6, 6.07) is 1.12. The highest BCUT2D eigenvalue weighted by molar-refractivity contribution is 6.71. The maximum absolute atomic E-state index is 5.79. The van der Waals surface area contributed by atoms with Gasteiger partial charge in [0.15, 0.2) is 8.32 Å². The van der Waals surface area contributed by atoms with Gasteiger partial charge in [0.25, 0.3) is 0 Å². The molecule has 0 N–H and O–H groups in total. The fraction of sp³-hybridized carbons (Fsp3) is 1.00. The van der Waals surface area contributed by atoms with E-state index in [1.807, 2.05) is 34.8 Å². The molecule has 0 aliphatic heterocycles. The third-order valence-electron chi connectivity index (χ3n) is 3.67. The second-order valence-electron chi connectivity index (χ2n) is 6.70. The van der Waals surface area contributed by atoms with E-state index in [2.05, 4.69) is 13.1 Å². The van der Waals surface area contributed by atoms with E-state index in [0.717, 1.165) is 25.7 Å². The SMILES string of the molecule is CCOCC(C)OCC(C)OCC(C)OCCC[Si](C)(C)OC. The van der Waals surface area contributed by atoms with Crippen LogP contribution >= 0.6 is 0 Å². The highest BCUT2D eigenvalue weighted by atomic mass is 28.4. The van der Waals surface area contributed by atoms with Gasteiger partial charge in [-0.3, -0.25) is 0 Å². The molecule has 0 spiro atoms. The normalized spacial score (nSPS) is 16.3. The lowest BCUT2D eigenvalue weighted by atomic mass is 10.4. The van der Waals surface area contributed by atoms with Crippen LogP contribution in [0.5, 0.6) is 0 Å². The van der Waals surface area contributed by atoms with Crippen LogP contribution in [0.15, 0.2) is 0 Å². The average molecular weight is 351 g/mol. The molecule has 3 atom stereocenters. The molecule has 0 aliphatic rings. The van der Waals surface area contributed by atoms with Crippen LogP contribution in [-0.2, 0) is 23.4 Å². The molecule has 0 fully saturated rings. The first-order valence-corrected chi connectivity index (χ1v) is 11.9. The molecule has 0 aliphatic carbocycles. The highest BCUT2D eigenvalue weighted by Gasteiger charge is 2.19. The van der Waals surface area contributed by atoms with Gasteiger partial charge in [-0.2, -0.15) is 0 Å². The van der Waals surface area contributed by atoms with E-state index in [1.165, 1.54) is 0 Å². The van der Waals surface area contributed by atoms with Crippen molar-refractivity contribution in [3.8, 4) is 0 Å². The smallest absolute Gasteiger partial charge is 0.186 e. The summed E-state index contributed by atoms with van der Waals surface area (Å²) in [7, 11) is 0.353. The summed E-state index contributed by atoms with van der Waals surface area (Å²) in [6.45, 7) is 15.8. The van der Waals surface area contributed by atoms with E-state index in [4.69, 9.17) is 23.4 Å². The van der Waals surface area contributed by atoms with Crippen molar-refractivity contribution in [1.82, 2.24) is 0 Å². The van der Waals surface area contributed by atoms with Crippen molar-refractivity contribution < 1.29 is 23.4 Å². The van der Waals surface area contributed by atoms with Gasteiger partial charge in [0.1, 0.15) is 0 Å². The van der Waals surface area contributed by atoms with E-state index in [-0.39, 0.29) is 18.3 Å². The Morgan fingerprint density at radius 2 is 1.35 bits per heavy atom. The van der Waals surface area contributed by atoms with Crippen LogP contribution in [0.2, 0.25) is 19.1 Å². The Kier molecular flexibility index (Phi) is 13.3. The Morgan fingerprint density at radius 3 is 1.87 bits per heavy atom. The molecule has 0 bridgehead atoms. The van der Waals surface area contributed by atoms with Gasteiger partial charge in [-0.1, -0.05) is 0 Å². The van der Waals surface area contributed by atoms with Gasteiger partial charge in [-0.05, 0) is 53.3 Å². The zero-order valence-corrected chi connectivity index (χ0v) is 17.2. The molecule has 0 aromatic rings. The zero-order chi connectivity index (χ0) is 17.7. The van der Waals surface area contributed by atoms with Gasteiger partial charge in [-0.15, -0.1) is 0 Å². The predicted molar refractivity (Wildman–Crippen MR) is 96.7 cm³/mol. The second-order valence-corrected chi connectivity index (χ2v) is 11.1. The minimum absolute atomic E-state index is 0.0601. The van der Waals surface area contributed by atoms with Gasteiger partial charge in [0.2, 0.25) is 0 Å². The van der Waals surface area contributed by atoms with Crippen LogP contribution in [0.1, 0.15) is 34.1 Å². The van der Waals surface area contributed by atoms with Crippen molar-refractivity contribution >= 4 is 8.32 Å². The Labute approximate surface area is 144 Å². The maximum Gasteiger partial charge on any atom is 0.186 e. The molecular formula is C17H38O5Si. The van der Waals surface area contributed by atoms with Crippen LogP contribution in [0.25, 0.3) is 0 Å². The molecular weight excluding hydrogens is 312 g/mol. The topological polar surface area (TPSA) is 46.2 Å². The summed E-state index contributed by atoms with van der Waals surface area (Å²) in [5.74, 6) is 0. The Balaban J connectivity index is 3.62. The summed E-state index contributed by atoms with van der Waals surface area (Å²) in [5, 5.41) is 0. The third kappa shape index (κ3) is 14.1. The van der Waals surface area contributed by atoms with Crippen LogP contribution in [0.3, 0.4) is 0 Å². The third-order valence-corrected chi connectivity index (χ3v) is 6.33. The quantitative estimate of drug-likeness (QED) is 0.334. The molecule has 0 amide bonds. The number of hydrogen-bond donors (Lipinski definition) is 0. The lowest BCUT2D eigenvalue weighted by Gasteiger charge is -2.21. The molecule has 5 nitrogen and oxygen atoms in total. The monoisotopic (exact) mass is 350 g/mol. The van der Waals surface area contributed by atoms with Crippen molar-refractivity contribution in [2.75, 3.05) is 40.1 Å².